The van der Waals surface area contributed by atoms with Crippen LogP contribution in [0.15, 0.2) is 88.5 Å². The van der Waals surface area contributed by atoms with Gasteiger partial charge in [-0.1, -0.05) is 67.5 Å². The third-order valence-corrected chi connectivity index (χ3v) is 8.92. The Balaban J connectivity index is 1.51. The highest BCUT2D eigenvalue weighted by atomic mass is 35.5. The van der Waals surface area contributed by atoms with Gasteiger partial charge in [-0.3, -0.25) is 19.7 Å². The summed E-state index contributed by atoms with van der Waals surface area (Å²) in [7, 11) is 0. The molecule has 222 valence electrons. The fraction of sp³-hybridized carbons (Fsp3) is 0.167. The first-order chi connectivity index (χ1) is 20.8. The van der Waals surface area contributed by atoms with Gasteiger partial charge in [-0.15, -0.1) is 11.8 Å². The molecule has 8 nitrogen and oxygen atoms in total. The summed E-state index contributed by atoms with van der Waals surface area (Å²) in [6.07, 6.45) is 1.74. The standard InChI is InChI=1S/C30H27ClFN5O3S3/c1-3-25(28(40)35-29-36-30(37-43-29)41-4-2)42-20-13-8-12-19(16-20)33-27(39)24(17-21-22(31)14-9-15-23(21)32)34-26(38)18-10-6-5-7-11-18/h5-17,25H,3-4H2,1-2H3,(H,33,39)(H,34,38)(H,35,36,37,40)/b24-17+. The Morgan fingerprint density at radius 2 is 1.79 bits per heavy atom. The Morgan fingerprint density at radius 3 is 2.51 bits per heavy atom. The molecule has 0 aliphatic heterocycles. The molecule has 0 saturated carbocycles. The monoisotopic (exact) mass is 655 g/mol. The Kier molecular flexibility index (Phi) is 11.7. The number of hydrogen-bond donors (Lipinski definition) is 3. The lowest BCUT2D eigenvalue weighted by Gasteiger charge is -2.15. The number of hydrogen-bond acceptors (Lipinski definition) is 8. The van der Waals surface area contributed by atoms with E-state index in [1.165, 1.54) is 47.8 Å². The minimum atomic E-state index is -0.687. The molecule has 0 bridgehead atoms. The highest BCUT2D eigenvalue weighted by Gasteiger charge is 2.21. The molecule has 3 N–H and O–H groups in total. The van der Waals surface area contributed by atoms with Crippen LogP contribution in [0.25, 0.3) is 6.08 Å². The SMILES string of the molecule is CCSc1nsc(NC(=O)C(CC)Sc2cccc(NC(=O)/C(=C\c3c(F)cccc3Cl)NC(=O)c3ccccc3)c2)n1. The molecule has 4 rings (SSSR count). The van der Waals surface area contributed by atoms with Crippen molar-refractivity contribution in [2.24, 2.45) is 0 Å². The van der Waals surface area contributed by atoms with E-state index < -0.39 is 22.9 Å². The minimum absolute atomic E-state index is 0.0420. The Hall–Kier alpha value is -3.71. The lowest BCUT2D eigenvalue weighted by Crippen LogP contribution is -2.30. The number of halogens is 2. The van der Waals surface area contributed by atoms with Crippen LogP contribution < -0.4 is 16.0 Å². The lowest BCUT2D eigenvalue weighted by molar-refractivity contribution is -0.116. The summed E-state index contributed by atoms with van der Waals surface area (Å²) in [5.41, 5.74) is 0.481. The van der Waals surface area contributed by atoms with E-state index in [0.717, 1.165) is 22.2 Å². The normalized spacial score (nSPS) is 12.0. The van der Waals surface area contributed by atoms with Crippen molar-refractivity contribution in [1.29, 1.82) is 0 Å². The van der Waals surface area contributed by atoms with E-state index in [0.29, 0.717) is 28.0 Å². The summed E-state index contributed by atoms with van der Waals surface area (Å²) in [5, 5.41) is 8.87. The van der Waals surface area contributed by atoms with E-state index in [1.54, 1.807) is 48.5 Å². The minimum Gasteiger partial charge on any atom is -0.321 e. The van der Waals surface area contributed by atoms with Gasteiger partial charge in [-0.25, -0.2) is 4.39 Å². The molecule has 0 spiro atoms. The number of anilines is 2. The van der Waals surface area contributed by atoms with Gasteiger partial charge in [0, 0.05) is 33.2 Å². The number of carbonyl (C=O) groups is 3. The third-order valence-electron chi connectivity index (χ3n) is 5.76. The fourth-order valence-corrected chi connectivity index (χ4v) is 6.21. The van der Waals surface area contributed by atoms with E-state index in [1.807, 2.05) is 19.9 Å². The summed E-state index contributed by atoms with van der Waals surface area (Å²) >= 11 is 10.2. The van der Waals surface area contributed by atoms with Crippen LogP contribution in [-0.2, 0) is 9.59 Å². The van der Waals surface area contributed by atoms with Crippen molar-refractivity contribution in [1.82, 2.24) is 14.7 Å². The molecule has 0 fully saturated rings. The van der Waals surface area contributed by atoms with E-state index in [2.05, 4.69) is 25.3 Å². The number of nitrogens with one attached hydrogen (secondary N) is 3. The van der Waals surface area contributed by atoms with Crippen LogP contribution in [0.5, 0.6) is 0 Å². The van der Waals surface area contributed by atoms with Crippen molar-refractivity contribution in [2.45, 2.75) is 35.6 Å². The molecule has 0 saturated heterocycles. The largest absolute Gasteiger partial charge is 0.321 e. The van der Waals surface area contributed by atoms with Crippen molar-refractivity contribution < 1.29 is 18.8 Å². The number of nitrogens with zero attached hydrogens (tertiary/aromatic N) is 2. The Bertz CT molecular complexity index is 1610. The van der Waals surface area contributed by atoms with Crippen molar-refractivity contribution in [3.8, 4) is 0 Å². The van der Waals surface area contributed by atoms with Gasteiger partial charge in [0.15, 0.2) is 0 Å². The summed E-state index contributed by atoms with van der Waals surface area (Å²) < 4.78 is 18.8. The van der Waals surface area contributed by atoms with Gasteiger partial charge in [0.2, 0.25) is 16.2 Å². The highest BCUT2D eigenvalue weighted by molar-refractivity contribution is 8.00. The molecule has 4 aromatic rings. The van der Waals surface area contributed by atoms with Gasteiger partial charge in [0.25, 0.3) is 11.8 Å². The molecule has 43 heavy (non-hydrogen) atoms. The molecular weight excluding hydrogens is 629 g/mol. The first-order valence-electron chi connectivity index (χ1n) is 13.1. The Labute approximate surface area is 266 Å². The predicted molar refractivity (Wildman–Crippen MR) is 173 cm³/mol. The van der Waals surface area contributed by atoms with Crippen molar-refractivity contribution in [2.75, 3.05) is 16.4 Å². The predicted octanol–water partition coefficient (Wildman–Crippen LogP) is 7.36. The van der Waals surface area contributed by atoms with Gasteiger partial charge in [0.1, 0.15) is 11.5 Å². The van der Waals surface area contributed by atoms with Crippen LogP contribution in [0.1, 0.15) is 36.2 Å². The number of aromatic nitrogens is 2. The van der Waals surface area contributed by atoms with Crippen molar-refractivity contribution in [3.63, 3.8) is 0 Å². The van der Waals surface area contributed by atoms with Crippen molar-refractivity contribution in [3.05, 3.63) is 100 Å². The van der Waals surface area contributed by atoms with E-state index in [4.69, 9.17) is 11.6 Å². The number of thioether (sulfide) groups is 2. The second-order valence-corrected chi connectivity index (χ2v) is 12.5. The van der Waals surface area contributed by atoms with Crippen LogP contribution in [0.3, 0.4) is 0 Å². The maximum Gasteiger partial charge on any atom is 0.272 e. The fourth-order valence-electron chi connectivity index (χ4n) is 3.70. The topological polar surface area (TPSA) is 113 Å². The second-order valence-electron chi connectivity index (χ2n) is 8.81. The molecule has 1 unspecified atom stereocenters. The average molecular weight is 656 g/mol. The number of amides is 3. The van der Waals surface area contributed by atoms with Crippen LogP contribution in [0.2, 0.25) is 5.02 Å². The van der Waals surface area contributed by atoms with E-state index >= 15 is 0 Å². The summed E-state index contributed by atoms with van der Waals surface area (Å²) in [4.78, 5) is 44.3. The van der Waals surface area contributed by atoms with E-state index in [9.17, 15) is 18.8 Å². The summed E-state index contributed by atoms with van der Waals surface area (Å²) in [6, 6.07) is 19.4. The molecule has 1 heterocycles. The second kappa shape index (κ2) is 15.7. The zero-order valence-corrected chi connectivity index (χ0v) is 26.3. The lowest BCUT2D eigenvalue weighted by atomic mass is 10.1. The Morgan fingerprint density at radius 1 is 1.02 bits per heavy atom. The van der Waals surface area contributed by atoms with Gasteiger partial charge in [-0.05, 0) is 60.7 Å². The first-order valence-corrected chi connectivity index (χ1v) is 16.2. The van der Waals surface area contributed by atoms with Gasteiger partial charge in [-0.2, -0.15) is 9.36 Å². The van der Waals surface area contributed by atoms with Crippen LogP contribution in [-0.4, -0.2) is 38.1 Å². The maximum atomic E-state index is 14.6. The smallest absolute Gasteiger partial charge is 0.272 e. The molecule has 3 aromatic carbocycles. The van der Waals surface area contributed by atoms with E-state index in [-0.39, 0.29) is 22.2 Å². The first kappa shape index (κ1) is 32.2. The van der Waals surface area contributed by atoms with Crippen LogP contribution in [0.4, 0.5) is 15.2 Å². The molecule has 0 radical (unpaired) electrons. The van der Waals surface area contributed by atoms with Gasteiger partial charge in [0.05, 0.1) is 10.3 Å². The molecule has 3 amide bonds. The summed E-state index contributed by atoms with van der Waals surface area (Å²) in [5.74, 6) is -1.26. The molecule has 1 atom stereocenters. The number of benzene rings is 3. The third kappa shape index (κ3) is 9.14. The van der Waals surface area contributed by atoms with Crippen LogP contribution >= 0.6 is 46.7 Å². The summed E-state index contributed by atoms with van der Waals surface area (Å²) in [6.45, 7) is 3.91. The van der Waals surface area contributed by atoms with Gasteiger partial charge < -0.3 is 10.6 Å². The van der Waals surface area contributed by atoms with Gasteiger partial charge >= 0.3 is 0 Å². The molecule has 1 aromatic heterocycles. The van der Waals surface area contributed by atoms with Crippen molar-refractivity contribution >= 4 is 81.3 Å². The maximum absolute atomic E-state index is 14.6. The zero-order valence-electron chi connectivity index (χ0n) is 23.1. The molecule has 0 aliphatic carbocycles. The molecule has 0 aliphatic rings. The zero-order chi connectivity index (χ0) is 30.8. The number of rotatable bonds is 12. The molecule has 13 heteroatoms. The number of carbonyl (C=O) groups excluding carboxylic acids is 3. The van der Waals surface area contributed by atoms with Crippen LogP contribution in [0, 0.1) is 5.82 Å². The molecular formula is C30H27ClFN5O3S3. The highest BCUT2D eigenvalue weighted by Crippen LogP contribution is 2.30. The average Bonchev–Trinajstić information content (AvgIpc) is 3.44. The quantitative estimate of drug-likeness (QED) is 0.108.